The SMILES string of the molecule is CC(C)[C@H]1COC(=O)N1C(=O)[C@@H]1[C@@H](c2ccccc2)OC(=O)C[C@H]1C(C)C. The van der Waals surface area contributed by atoms with Gasteiger partial charge in [-0.25, -0.2) is 9.69 Å². The van der Waals surface area contributed by atoms with Crippen molar-refractivity contribution in [3.05, 3.63) is 35.9 Å². The van der Waals surface area contributed by atoms with Crippen LogP contribution >= 0.6 is 0 Å². The third-order valence-corrected chi connectivity index (χ3v) is 5.63. The molecule has 0 radical (unpaired) electrons. The molecule has 2 heterocycles. The number of hydrogen-bond acceptors (Lipinski definition) is 5. The first-order valence-electron chi connectivity index (χ1n) is 9.55. The molecule has 1 aromatic rings. The lowest BCUT2D eigenvalue weighted by atomic mass is 9.73. The Morgan fingerprint density at radius 3 is 2.33 bits per heavy atom. The Balaban J connectivity index is 2.01. The van der Waals surface area contributed by atoms with Crippen molar-refractivity contribution in [1.29, 1.82) is 0 Å². The molecule has 2 aliphatic rings. The van der Waals surface area contributed by atoms with E-state index < -0.39 is 18.1 Å². The fourth-order valence-electron chi connectivity index (χ4n) is 4.03. The maximum absolute atomic E-state index is 13.6. The van der Waals surface area contributed by atoms with Crippen molar-refractivity contribution >= 4 is 18.0 Å². The summed E-state index contributed by atoms with van der Waals surface area (Å²) >= 11 is 0. The summed E-state index contributed by atoms with van der Waals surface area (Å²) in [6, 6.07) is 8.98. The van der Waals surface area contributed by atoms with Gasteiger partial charge >= 0.3 is 12.1 Å². The van der Waals surface area contributed by atoms with E-state index in [1.165, 1.54) is 4.90 Å². The number of amides is 2. The van der Waals surface area contributed by atoms with E-state index in [4.69, 9.17) is 9.47 Å². The van der Waals surface area contributed by atoms with E-state index in [-0.39, 0.29) is 48.7 Å². The first-order chi connectivity index (χ1) is 12.8. The van der Waals surface area contributed by atoms with E-state index in [2.05, 4.69) is 0 Å². The second-order valence-electron chi connectivity index (χ2n) is 8.06. The molecular weight excluding hydrogens is 346 g/mol. The van der Waals surface area contributed by atoms with Crippen LogP contribution in [-0.4, -0.2) is 35.5 Å². The lowest BCUT2D eigenvalue weighted by Gasteiger charge is -2.40. The number of benzene rings is 1. The van der Waals surface area contributed by atoms with Crippen LogP contribution in [0.4, 0.5) is 4.79 Å². The molecule has 2 saturated heterocycles. The Morgan fingerprint density at radius 1 is 1.07 bits per heavy atom. The van der Waals surface area contributed by atoms with Crippen LogP contribution in [0, 0.1) is 23.7 Å². The summed E-state index contributed by atoms with van der Waals surface area (Å²) in [5.41, 5.74) is 0.767. The zero-order chi connectivity index (χ0) is 19.7. The zero-order valence-electron chi connectivity index (χ0n) is 16.3. The molecule has 2 fully saturated rings. The second-order valence-corrected chi connectivity index (χ2v) is 8.06. The van der Waals surface area contributed by atoms with Crippen molar-refractivity contribution in [2.24, 2.45) is 23.7 Å². The van der Waals surface area contributed by atoms with Crippen LogP contribution in [-0.2, 0) is 19.1 Å². The molecule has 1 aromatic carbocycles. The highest BCUT2D eigenvalue weighted by atomic mass is 16.6. The summed E-state index contributed by atoms with van der Waals surface area (Å²) < 4.78 is 10.8. The van der Waals surface area contributed by atoms with E-state index in [0.717, 1.165) is 5.56 Å². The summed E-state index contributed by atoms with van der Waals surface area (Å²) in [4.78, 5) is 39.4. The molecule has 0 aromatic heterocycles. The van der Waals surface area contributed by atoms with Gasteiger partial charge < -0.3 is 9.47 Å². The predicted octanol–water partition coefficient (Wildman–Crippen LogP) is 3.57. The van der Waals surface area contributed by atoms with Gasteiger partial charge in [-0.2, -0.15) is 0 Å². The molecule has 0 spiro atoms. The lowest BCUT2D eigenvalue weighted by molar-refractivity contribution is -0.171. The van der Waals surface area contributed by atoms with Gasteiger partial charge in [0.25, 0.3) is 0 Å². The molecule has 6 nitrogen and oxygen atoms in total. The maximum Gasteiger partial charge on any atom is 0.416 e. The van der Waals surface area contributed by atoms with E-state index in [1.807, 2.05) is 58.0 Å². The number of rotatable bonds is 4. The van der Waals surface area contributed by atoms with Crippen LogP contribution < -0.4 is 0 Å². The molecule has 146 valence electrons. The Hall–Kier alpha value is -2.37. The number of esters is 1. The molecule has 0 saturated carbocycles. The lowest BCUT2D eigenvalue weighted by Crippen LogP contribution is -2.51. The highest BCUT2D eigenvalue weighted by Gasteiger charge is 2.51. The third kappa shape index (κ3) is 3.70. The van der Waals surface area contributed by atoms with Crippen molar-refractivity contribution in [1.82, 2.24) is 4.90 Å². The van der Waals surface area contributed by atoms with Gasteiger partial charge in [-0.3, -0.25) is 9.59 Å². The Morgan fingerprint density at radius 2 is 1.74 bits per heavy atom. The van der Waals surface area contributed by atoms with Crippen LogP contribution in [0.2, 0.25) is 0 Å². The topological polar surface area (TPSA) is 72.9 Å². The molecule has 4 atom stereocenters. The number of imide groups is 1. The van der Waals surface area contributed by atoms with Gasteiger partial charge in [0.05, 0.1) is 12.0 Å². The standard InChI is InChI=1S/C21H27NO5/c1-12(2)15-10-17(23)27-19(14-8-6-5-7-9-14)18(15)20(24)22-16(13(3)4)11-26-21(22)25/h5-9,12-13,15-16,18-19H,10-11H2,1-4H3/t15-,16+,18-,19+/m0/s1. The number of carbonyl (C=O) groups is 3. The quantitative estimate of drug-likeness (QED) is 0.755. The highest BCUT2D eigenvalue weighted by Crippen LogP contribution is 2.43. The van der Waals surface area contributed by atoms with Gasteiger partial charge in [0.15, 0.2) is 0 Å². The molecular formula is C21H27NO5. The summed E-state index contributed by atoms with van der Waals surface area (Å²) in [5, 5.41) is 0. The fraction of sp³-hybridized carbons (Fsp3) is 0.571. The minimum Gasteiger partial charge on any atom is -0.457 e. The molecule has 3 rings (SSSR count). The monoisotopic (exact) mass is 373 g/mol. The van der Waals surface area contributed by atoms with Gasteiger partial charge in [0.1, 0.15) is 12.7 Å². The average molecular weight is 373 g/mol. The number of nitrogens with zero attached hydrogens (tertiary/aromatic N) is 1. The summed E-state index contributed by atoms with van der Waals surface area (Å²) in [6.45, 7) is 8.11. The third-order valence-electron chi connectivity index (χ3n) is 5.63. The molecule has 2 aliphatic heterocycles. The predicted molar refractivity (Wildman–Crippen MR) is 98.5 cm³/mol. The number of carbonyl (C=O) groups excluding carboxylic acids is 3. The highest BCUT2D eigenvalue weighted by molar-refractivity contribution is 5.96. The van der Waals surface area contributed by atoms with Crippen molar-refractivity contribution < 1.29 is 23.9 Å². The van der Waals surface area contributed by atoms with Gasteiger partial charge in [-0.05, 0) is 23.3 Å². The fourth-order valence-corrected chi connectivity index (χ4v) is 4.03. The Bertz CT molecular complexity index is 715. The molecule has 2 amide bonds. The second kappa shape index (κ2) is 7.71. The van der Waals surface area contributed by atoms with Crippen molar-refractivity contribution in [2.75, 3.05) is 6.61 Å². The molecule has 6 heteroatoms. The molecule has 0 bridgehead atoms. The first-order valence-corrected chi connectivity index (χ1v) is 9.55. The Kier molecular flexibility index (Phi) is 5.53. The van der Waals surface area contributed by atoms with E-state index >= 15 is 0 Å². The summed E-state index contributed by atoms with van der Waals surface area (Å²) in [7, 11) is 0. The van der Waals surface area contributed by atoms with Gasteiger partial charge in [-0.15, -0.1) is 0 Å². The van der Waals surface area contributed by atoms with Crippen LogP contribution in [0.15, 0.2) is 30.3 Å². The van der Waals surface area contributed by atoms with Gasteiger partial charge in [0, 0.05) is 6.42 Å². The van der Waals surface area contributed by atoms with Crippen molar-refractivity contribution in [2.45, 2.75) is 46.3 Å². The molecule has 0 unspecified atom stereocenters. The van der Waals surface area contributed by atoms with Crippen LogP contribution in [0.5, 0.6) is 0 Å². The zero-order valence-corrected chi connectivity index (χ0v) is 16.3. The summed E-state index contributed by atoms with van der Waals surface area (Å²) in [5.74, 6) is -1.26. The number of hydrogen-bond donors (Lipinski definition) is 0. The average Bonchev–Trinajstić information content (AvgIpc) is 3.03. The largest absolute Gasteiger partial charge is 0.457 e. The van der Waals surface area contributed by atoms with E-state index in [0.29, 0.717) is 0 Å². The minimum absolute atomic E-state index is 0.0826. The number of ether oxygens (including phenoxy) is 2. The number of cyclic esters (lactones) is 2. The van der Waals surface area contributed by atoms with E-state index in [1.54, 1.807) is 0 Å². The molecule has 0 N–H and O–H groups in total. The van der Waals surface area contributed by atoms with Crippen molar-refractivity contribution in [3.63, 3.8) is 0 Å². The van der Waals surface area contributed by atoms with Gasteiger partial charge in [-0.1, -0.05) is 58.0 Å². The maximum atomic E-state index is 13.6. The molecule has 0 aliphatic carbocycles. The molecule has 27 heavy (non-hydrogen) atoms. The Labute approximate surface area is 159 Å². The smallest absolute Gasteiger partial charge is 0.416 e. The van der Waals surface area contributed by atoms with Crippen LogP contribution in [0.25, 0.3) is 0 Å². The van der Waals surface area contributed by atoms with Crippen LogP contribution in [0.3, 0.4) is 0 Å². The van der Waals surface area contributed by atoms with Gasteiger partial charge in [0.2, 0.25) is 5.91 Å². The minimum atomic E-state index is -0.700. The first kappa shape index (κ1) is 19.4. The van der Waals surface area contributed by atoms with Crippen molar-refractivity contribution in [3.8, 4) is 0 Å². The summed E-state index contributed by atoms with van der Waals surface area (Å²) in [6.07, 6.45) is -1.13. The normalized spacial score (nSPS) is 28.4. The van der Waals surface area contributed by atoms with E-state index in [9.17, 15) is 14.4 Å². The van der Waals surface area contributed by atoms with Crippen LogP contribution in [0.1, 0.15) is 45.8 Å².